The first-order valence-electron chi connectivity index (χ1n) is 6.64. The van der Waals surface area contributed by atoms with Gasteiger partial charge in [0.05, 0.1) is 11.0 Å². The molecule has 2 fully saturated rings. The van der Waals surface area contributed by atoms with E-state index in [-0.39, 0.29) is 0 Å². The number of aliphatic hydroxyl groups is 1. The second-order valence-corrected chi connectivity index (χ2v) is 6.81. The number of hydrogen-bond donors (Lipinski definition) is 1. The van der Waals surface area contributed by atoms with Crippen LogP contribution >= 0.6 is 11.3 Å². The van der Waals surface area contributed by atoms with Gasteiger partial charge in [0.1, 0.15) is 0 Å². The van der Waals surface area contributed by atoms with Crippen molar-refractivity contribution in [2.24, 2.45) is 17.8 Å². The van der Waals surface area contributed by atoms with E-state index >= 15 is 0 Å². The van der Waals surface area contributed by atoms with Crippen LogP contribution in [0.5, 0.6) is 0 Å². The van der Waals surface area contributed by atoms with E-state index in [0.717, 1.165) is 12.3 Å². The van der Waals surface area contributed by atoms with E-state index in [1.54, 1.807) is 0 Å². The lowest BCUT2D eigenvalue weighted by Crippen LogP contribution is -2.13. The molecule has 2 nitrogen and oxygen atoms in total. The van der Waals surface area contributed by atoms with E-state index in [4.69, 9.17) is 0 Å². The molecule has 0 radical (unpaired) electrons. The predicted octanol–water partition coefficient (Wildman–Crippen LogP) is 4.02. The number of fused-ring (bicyclic) bond motifs is 2. The Bertz CT molecular complexity index is 459. The Morgan fingerprint density at radius 1 is 1.37 bits per heavy atom. The predicted molar refractivity (Wildman–Crippen MR) is 65.6 cm³/mol. The van der Waals surface area contributed by atoms with Gasteiger partial charge in [-0.25, -0.2) is 4.98 Å². The fourth-order valence-corrected chi connectivity index (χ4v) is 4.42. The van der Waals surface area contributed by atoms with Crippen LogP contribution in [0.4, 0.5) is 13.2 Å². The van der Waals surface area contributed by atoms with Crippen molar-refractivity contribution in [1.82, 2.24) is 4.98 Å². The van der Waals surface area contributed by atoms with Gasteiger partial charge in [0.2, 0.25) is 0 Å². The van der Waals surface area contributed by atoms with Crippen molar-refractivity contribution in [3.05, 3.63) is 16.1 Å². The normalized spacial score (nSPS) is 31.9. The van der Waals surface area contributed by atoms with E-state index in [1.807, 2.05) is 0 Å². The molecule has 1 aromatic heterocycles. The summed E-state index contributed by atoms with van der Waals surface area (Å²) in [5.41, 5.74) is 0. The highest BCUT2D eigenvalue weighted by Gasteiger charge is 2.41. The third-order valence-electron chi connectivity index (χ3n) is 4.51. The second-order valence-electron chi connectivity index (χ2n) is 5.75. The van der Waals surface area contributed by atoms with Crippen molar-refractivity contribution >= 4 is 11.3 Å². The first-order valence-corrected chi connectivity index (χ1v) is 7.46. The van der Waals surface area contributed by atoms with Crippen LogP contribution in [-0.2, 0) is 6.18 Å². The Kier molecular flexibility index (Phi) is 3.33. The number of alkyl halides is 3. The summed E-state index contributed by atoms with van der Waals surface area (Å²) in [4.78, 5) is 3.71. The molecule has 1 aromatic rings. The van der Waals surface area contributed by atoms with Gasteiger partial charge in [-0.3, -0.25) is 0 Å². The minimum Gasteiger partial charge on any atom is -0.388 e. The maximum Gasteiger partial charge on any atom is 0.443 e. The molecule has 4 atom stereocenters. The largest absolute Gasteiger partial charge is 0.443 e. The fraction of sp³-hybridized carbons (Fsp3) is 0.769. The van der Waals surface area contributed by atoms with Gasteiger partial charge in [0.25, 0.3) is 0 Å². The van der Waals surface area contributed by atoms with Gasteiger partial charge in [-0.1, -0.05) is 6.42 Å². The SMILES string of the molecule is OC(CC1CC2CCC1C2)c1cnc(C(F)(F)F)s1. The molecule has 2 saturated carbocycles. The molecule has 106 valence electrons. The maximum atomic E-state index is 12.5. The summed E-state index contributed by atoms with van der Waals surface area (Å²) >= 11 is 0.565. The fourth-order valence-electron chi connectivity index (χ4n) is 3.64. The lowest BCUT2D eigenvalue weighted by Gasteiger charge is -2.23. The zero-order valence-corrected chi connectivity index (χ0v) is 11.2. The average Bonchev–Trinajstić information content (AvgIpc) is 3.03. The monoisotopic (exact) mass is 291 g/mol. The lowest BCUT2D eigenvalue weighted by molar-refractivity contribution is -0.137. The standard InChI is InChI=1S/C13H16F3NOS/c14-13(15,16)12-17-6-11(19-12)10(18)5-9-4-7-1-2-8(9)3-7/h6-10,18H,1-5H2. The van der Waals surface area contributed by atoms with Crippen LogP contribution in [0.1, 0.15) is 48.1 Å². The first-order chi connectivity index (χ1) is 8.93. The molecule has 4 unspecified atom stereocenters. The van der Waals surface area contributed by atoms with E-state index in [2.05, 4.69) is 4.98 Å². The van der Waals surface area contributed by atoms with E-state index in [0.29, 0.717) is 34.5 Å². The number of hydrogen-bond acceptors (Lipinski definition) is 3. The highest BCUT2D eigenvalue weighted by molar-refractivity contribution is 7.11. The van der Waals surface area contributed by atoms with Gasteiger partial charge in [0, 0.05) is 6.20 Å². The van der Waals surface area contributed by atoms with Crippen molar-refractivity contribution in [3.8, 4) is 0 Å². The Labute approximate surface area is 113 Å². The van der Waals surface area contributed by atoms with Crippen molar-refractivity contribution in [2.45, 2.75) is 44.4 Å². The molecule has 2 bridgehead atoms. The Hall–Kier alpha value is -0.620. The smallest absolute Gasteiger partial charge is 0.388 e. The highest BCUT2D eigenvalue weighted by atomic mass is 32.1. The first kappa shape index (κ1) is 13.4. The van der Waals surface area contributed by atoms with E-state index in [9.17, 15) is 18.3 Å². The summed E-state index contributed by atoms with van der Waals surface area (Å²) in [6.07, 6.45) is 1.44. The number of aromatic nitrogens is 1. The van der Waals surface area contributed by atoms with Crippen molar-refractivity contribution in [1.29, 1.82) is 0 Å². The van der Waals surface area contributed by atoms with Gasteiger partial charge in [0.15, 0.2) is 5.01 Å². The molecule has 0 saturated heterocycles. The molecule has 2 aliphatic carbocycles. The summed E-state index contributed by atoms with van der Waals surface area (Å²) in [6.45, 7) is 0. The summed E-state index contributed by atoms with van der Waals surface area (Å²) < 4.78 is 37.4. The molecule has 3 rings (SSSR count). The van der Waals surface area contributed by atoms with E-state index in [1.165, 1.54) is 25.5 Å². The van der Waals surface area contributed by atoms with Gasteiger partial charge in [-0.05, 0) is 43.4 Å². The van der Waals surface area contributed by atoms with Crippen LogP contribution in [0.3, 0.4) is 0 Å². The molecule has 0 aliphatic heterocycles. The summed E-state index contributed by atoms with van der Waals surface area (Å²) in [7, 11) is 0. The number of halogens is 3. The molecule has 2 aliphatic rings. The number of aliphatic hydroxyl groups excluding tert-OH is 1. The molecule has 1 N–H and O–H groups in total. The zero-order valence-electron chi connectivity index (χ0n) is 10.4. The van der Waals surface area contributed by atoms with Crippen LogP contribution in [0.15, 0.2) is 6.20 Å². The zero-order chi connectivity index (χ0) is 13.6. The number of rotatable bonds is 3. The quantitative estimate of drug-likeness (QED) is 0.912. The van der Waals surface area contributed by atoms with Crippen molar-refractivity contribution in [2.75, 3.05) is 0 Å². The maximum absolute atomic E-state index is 12.5. The van der Waals surface area contributed by atoms with Crippen molar-refractivity contribution in [3.63, 3.8) is 0 Å². The van der Waals surface area contributed by atoms with Gasteiger partial charge >= 0.3 is 6.18 Å². The number of thiazole rings is 1. The van der Waals surface area contributed by atoms with Crippen LogP contribution in [0.25, 0.3) is 0 Å². The highest BCUT2D eigenvalue weighted by Crippen LogP contribution is 2.51. The molecule has 1 heterocycles. The Morgan fingerprint density at radius 3 is 2.68 bits per heavy atom. The van der Waals surface area contributed by atoms with Gasteiger partial charge in [-0.15, -0.1) is 11.3 Å². The van der Waals surface area contributed by atoms with E-state index < -0.39 is 17.3 Å². The third-order valence-corrected chi connectivity index (χ3v) is 5.65. The lowest BCUT2D eigenvalue weighted by atomic mass is 9.85. The minimum absolute atomic E-state index is 0.343. The van der Waals surface area contributed by atoms with Gasteiger partial charge in [-0.2, -0.15) is 13.2 Å². The van der Waals surface area contributed by atoms with Crippen LogP contribution in [0, 0.1) is 17.8 Å². The molecular formula is C13H16F3NOS. The average molecular weight is 291 g/mol. The Morgan fingerprint density at radius 2 is 2.16 bits per heavy atom. The molecule has 19 heavy (non-hydrogen) atoms. The van der Waals surface area contributed by atoms with Crippen LogP contribution in [-0.4, -0.2) is 10.1 Å². The minimum atomic E-state index is -4.41. The summed E-state index contributed by atoms with van der Waals surface area (Å²) in [5, 5.41) is 9.22. The van der Waals surface area contributed by atoms with Crippen LogP contribution in [0.2, 0.25) is 0 Å². The molecule has 0 aromatic carbocycles. The molecule has 6 heteroatoms. The molecular weight excluding hydrogens is 275 g/mol. The summed E-state index contributed by atoms with van der Waals surface area (Å²) in [6, 6.07) is 0. The molecule has 0 amide bonds. The van der Waals surface area contributed by atoms with Gasteiger partial charge < -0.3 is 5.11 Å². The topological polar surface area (TPSA) is 33.1 Å². The molecule has 0 spiro atoms. The summed E-state index contributed by atoms with van der Waals surface area (Å²) in [5.74, 6) is 1.94. The third kappa shape index (κ3) is 2.65. The van der Waals surface area contributed by atoms with Crippen LogP contribution < -0.4 is 0 Å². The Balaban J connectivity index is 1.64. The number of nitrogens with zero attached hydrogens (tertiary/aromatic N) is 1. The second kappa shape index (κ2) is 4.74. The van der Waals surface area contributed by atoms with Crippen molar-refractivity contribution < 1.29 is 18.3 Å².